The molecule has 1 aliphatic rings. The number of hydrogen-bond acceptors (Lipinski definition) is 8. The predicted octanol–water partition coefficient (Wildman–Crippen LogP) is 0.491. The molecule has 0 saturated carbocycles. The van der Waals surface area contributed by atoms with Crippen LogP contribution in [0.1, 0.15) is 26.7 Å². The summed E-state index contributed by atoms with van der Waals surface area (Å²) in [5.41, 5.74) is 0. The Morgan fingerprint density at radius 3 is 2.36 bits per heavy atom. The van der Waals surface area contributed by atoms with E-state index in [1.165, 1.54) is 0 Å². The zero-order chi connectivity index (χ0) is 16.5. The molecule has 1 fully saturated rings. The number of carbonyl (C=O) groups excluding carboxylic acids is 4. The highest BCUT2D eigenvalue weighted by atomic mass is 16.7. The Morgan fingerprint density at radius 1 is 1.18 bits per heavy atom. The largest absolute Gasteiger partial charge is 0.459 e. The van der Waals surface area contributed by atoms with Gasteiger partial charge in [0.15, 0.2) is 0 Å². The summed E-state index contributed by atoms with van der Waals surface area (Å²) in [5, 5.41) is 0. The lowest BCUT2D eigenvalue weighted by molar-refractivity contribution is -0.166. The molecule has 0 N–H and O–H groups in total. The minimum absolute atomic E-state index is 0.0596. The highest BCUT2D eigenvalue weighted by Gasteiger charge is 2.24. The first-order valence-electron chi connectivity index (χ1n) is 6.76. The highest BCUT2D eigenvalue weighted by molar-refractivity contribution is 5.91. The van der Waals surface area contributed by atoms with E-state index < -0.39 is 30.8 Å². The maximum Gasteiger partial charge on any atom is 0.333 e. The standard InChI is InChI=1S/C14H18O8/c1-9(2)14(18)21-8-20-12(16)6-5-11(15)19-7-10-3-4-13(17)22-10/h5-6,9-10H,3-4,7-8H2,1-2H3/b6-5+. The van der Waals surface area contributed by atoms with Gasteiger partial charge in [0.1, 0.15) is 12.7 Å². The quantitative estimate of drug-likeness (QED) is 0.289. The number of carbonyl (C=O) groups is 4. The normalized spacial score (nSPS) is 17.4. The Bertz CT molecular complexity index is 465. The minimum atomic E-state index is -0.846. The maximum atomic E-state index is 11.3. The maximum absolute atomic E-state index is 11.3. The molecule has 0 aliphatic carbocycles. The molecule has 8 nitrogen and oxygen atoms in total. The van der Waals surface area contributed by atoms with Gasteiger partial charge in [0.25, 0.3) is 0 Å². The van der Waals surface area contributed by atoms with E-state index in [0.29, 0.717) is 12.8 Å². The van der Waals surface area contributed by atoms with Gasteiger partial charge in [-0.2, -0.15) is 0 Å². The summed E-state index contributed by atoms with van der Waals surface area (Å²) in [4.78, 5) is 44.5. The van der Waals surface area contributed by atoms with Crippen molar-refractivity contribution in [2.24, 2.45) is 5.92 Å². The van der Waals surface area contributed by atoms with Crippen LogP contribution < -0.4 is 0 Å². The second-order valence-corrected chi connectivity index (χ2v) is 4.81. The van der Waals surface area contributed by atoms with Crippen LogP contribution in [0.4, 0.5) is 0 Å². The van der Waals surface area contributed by atoms with Gasteiger partial charge in [-0.3, -0.25) is 9.59 Å². The van der Waals surface area contributed by atoms with Crippen molar-refractivity contribution in [2.75, 3.05) is 13.4 Å². The molecule has 1 aliphatic heterocycles. The molecule has 0 aromatic rings. The van der Waals surface area contributed by atoms with E-state index in [0.717, 1.165) is 12.2 Å². The molecule has 0 aromatic carbocycles. The van der Waals surface area contributed by atoms with Crippen molar-refractivity contribution in [3.63, 3.8) is 0 Å². The van der Waals surface area contributed by atoms with E-state index >= 15 is 0 Å². The molecule has 0 aromatic heterocycles. The van der Waals surface area contributed by atoms with Gasteiger partial charge in [0.05, 0.1) is 5.92 Å². The van der Waals surface area contributed by atoms with Gasteiger partial charge in [-0.25, -0.2) is 9.59 Å². The van der Waals surface area contributed by atoms with Gasteiger partial charge >= 0.3 is 23.9 Å². The van der Waals surface area contributed by atoms with Crippen LogP contribution in [0.3, 0.4) is 0 Å². The van der Waals surface area contributed by atoms with E-state index in [1.807, 2.05) is 0 Å². The second-order valence-electron chi connectivity index (χ2n) is 4.81. The molecule has 1 unspecified atom stereocenters. The van der Waals surface area contributed by atoms with Crippen molar-refractivity contribution in [3.05, 3.63) is 12.2 Å². The Balaban J connectivity index is 2.17. The molecule has 1 atom stereocenters. The molecule has 1 heterocycles. The lowest BCUT2D eigenvalue weighted by atomic mass is 10.2. The Labute approximate surface area is 127 Å². The number of esters is 4. The molecular formula is C14H18O8. The van der Waals surface area contributed by atoms with Crippen molar-refractivity contribution >= 4 is 23.9 Å². The van der Waals surface area contributed by atoms with Crippen LogP contribution in [0, 0.1) is 5.92 Å². The molecule has 0 amide bonds. The smallest absolute Gasteiger partial charge is 0.333 e. The van der Waals surface area contributed by atoms with Gasteiger partial charge in [-0.15, -0.1) is 0 Å². The van der Waals surface area contributed by atoms with Crippen LogP contribution in [0.25, 0.3) is 0 Å². The zero-order valence-electron chi connectivity index (χ0n) is 12.4. The first kappa shape index (κ1) is 17.7. The number of hydrogen-bond donors (Lipinski definition) is 0. The van der Waals surface area contributed by atoms with Crippen LogP contribution in [0.2, 0.25) is 0 Å². The monoisotopic (exact) mass is 314 g/mol. The summed E-state index contributed by atoms with van der Waals surface area (Å²) in [6, 6.07) is 0. The van der Waals surface area contributed by atoms with Crippen LogP contribution in [-0.2, 0) is 38.1 Å². The fraction of sp³-hybridized carbons (Fsp3) is 0.571. The fourth-order valence-corrected chi connectivity index (χ4v) is 1.42. The lowest BCUT2D eigenvalue weighted by Crippen LogP contribution is -2.18. The minimum Gasteiger partial charge on any atom is -0.459 e. The van der Waals surface area contributed by atoms with Crippen molar-refractivity contribution in [1.82, 2.24) is 0 Å². The van der Waals surface area contributed by atoms with E-state index in [-0.39, 0.29) is 18.5 Å². The zero-order valence-corrected chi connectivity index (χ0v) is 12.4. The molecule has 22 heavy (non-hydrogen) atoms. The van der Waals surface area contributed by atoms with E-state index in [1.54, 1.807) is 13.8 Å². The van der Waals surface area contributed by atoms with Crippen LogP contribution in [0.15, 0.2) is 12.2 Å². The van der Waals surface area contributed by atoms with Crippen LogP contribution in [-0.4, -0.2) is 43.4 Å². The van der Waals surface area contributed by atoms with Crippen LogP contribution in [0.5, 0.6) is 0 Å². The predicted molar refractivity (Wildman–Crippen MR) is 71.1 cm³/mol. The van der Waals surface area contributed by atoms with E-state index in [2.05, 4.69) is 9.47 Å². The molecular weight excluding hydrogens is 296 g/mol. The van der Waals surface area contributed by atoms with Gasteiger partial charge in [-0.05, 0) is 6.42 Å². The first-order valence-corrected chi connectivity index (χ1v) is 6.76. The fourth-order valence-electron chi connectivity index (χ4n) is 1.42. The van der Waals surface area contributed by atoms with Gasteiger partial charge in [-0.1, -0.05) is 13.8 Å². The summed E-state index contributed by atoms with van der Waals surface area (Å²) in [7, 11) is 0. The van der Waals surface area contributed by atoms with Crippen molar-refractivity contribution < 1.29 is 38.1 Å². The van der Waals surface area contributed by atoms with Crippen molar-refractivity contribution in [1.29, 1.82) is 0 Å². The topological polar surface area (TPSA) is 105 Å². The third-order valence-electron chi connectivity index (χ3n) is 2.61. The molecule has 1 rings (SSSR count). The summed E-state index contributed by atoms with van der Waals surface area (Å²) in [6.45, 7) is 2.70. The molecule has 0 radical (unpaired) electrons. The molecule has 0 spiro atoms. The average Bonchev–Trinajstić information content (AvgIpc) is 2.88. The number of cyclic esters (lactones) is 1. The summed E-state index contributed by atoms with van der Waals surface area (Å²) in [5.74, 6) is -2.76. The van der Waals surface area contributed by atoms with E-state index in [4.69, 9.17) is 9.47 Å². The Morgan fingerprint density at radius 2 is 1.82 bits per heavy atom. The molecule has 8 heteroatoms. The van der Waals surface area contributed by atoms with Crippen molar-refractivity contribution in [2.45, 2.75) is 32.8 Å². The summed E-state index contributed by atoms with van der Waals surface area (Å²) < 4.78 is 18.8. The number of rotatable bonds is 7. The molecule has 1 saturated heterocycles. The van der Waals surface area contributed by atoms with Gasteiger partial charge in [0, 0.05) is 18.6 Å². The highest BCUT2D eigenvalue weighted by Crippen LogP contribution is 2.13. The number of ether oxygens (including phenoxy) is 4. The van der Waals surface area contributed by atoms with Gasteiger partial charge < -0.3 is 18.9 Å². The first-order chi connectivity index (χ1) is 10.4. The lowest BCUT2D eigenvalue weighted by Gasteiger charge is -2.08. The molecule has 122 valence electrons. The second kappa shape index (κ2) is 8.81. The third-order valence-corrected chi connectivity index (χ3v) is 2.61. The third kappa shape index (κ3) is 6.87. The Hall–Kier alpha value is -2.38. The Kier molecular flexibility index (Phi) is 7.07. The van der Waals surface area contributed by atoms with Gasteiger partial charge in [0.2, 0.25) is 6.79 Å². The van der Waals surface area contributed by atoms with Crippen LogP contribution >= 0.6 is 0 Å². The van der Waals surface area contributed by atoms with E-state index in [9.17, 15) is 19.2 Å². The SMILES string of the molecule is CC(C)C(=O)OCOC(=O)/C=C/C(=O)OCC1CCC(=O)O1. The van der Waals surface area contributed by atoms with Crippen molar-refractivity contribution in [3.8, 4) is 0 Å². The average molecular weight is 314 g/mol. The summed E-state index contributed by atoms with van der Waals surface area (Å²) >= 11 is 0. The summed E-state index contributed by atoms with van der Waals surface area (Å²) in [6.07, 6.45) is 2.10. The molecule has 0 bridgehead atoms.